The Hall–Kier alpha value is -2.24. The minimum Gasteiger partial charge on any atom is -0.449 e. The molecular formula is C23H23Cl2NO4. The molecule has 30 heavy (non-hydrogen) atoms. The molecule has 1 aliphatic heterocycles. The molecule has 0 aromatic heterocycles. The number of hydrogen-bond donors (Lipinski definition) is 1. The van der Waals surface area contributed by atoms with Gasteiger partial charge in [-0.05, 0) is 60.1 Å². The number of benzene rings is 2. The van der Waals surface area contributed by atoms with Crippen LogP contribution >= 0.6 is 23.2 Å². The number of ether oxygens (including phenoxy) is 1. The smallest absolute Gasteiger partial charge is 0.449 e. The van der Waals surface area contributed by atoms with Gasteiger partial charge in [-0.3, -0.25) is 4.79 Å². The Morgan fingerprint density at radius 3 is 2.17 bits per heavy atom. The molecule has 158 valence electrons. The second kappa shape index (κ2) is 8.48. The molecule has 1 spiro atoms. The zero-order chi connectivity index (χ0) is 21.3. The number of rotatable bonds is 3. The third-order valence-corrected chi connectivity index (χ3v) is 6.88. The Kier molecular flexibility index (Phi) is 5.94. The van der Waals surface area contributed by atoms with Crippen LogP contribution in [-0.4, -0.2) is 35.2 Å². The molecule has 1 aliphatic carbocycles. The Morgan fingerprint density at radius 1 is 0.933 bits per heavy atom. The van der Waals surface area contributed by atoms with Gasteiger partial charge in [-0.1, -0.05) is 54.6 Å². The van der Waals surface area contributed by atoms with E-state index in [4.69, 9.17) is 28.3 Å². The average Bonchev–Trinajstić information content (AvgIpc) is 3.11. The van der Waals surface area contributed by atoms with Crippen molar-refractivity contribution in [3.05, 3.63) is 52.0 Å². The fourth-order valence-electron chi connectivity index (χ4n) is 4.74. The van der Waals surface area contributed by atoms with Crippen molar-refractivity contribution in [1.29, 1.82) is 0 Å². The van der Waals surface area contributed by atoms with Crippen LogP contribution in [0.5, 0.6) is 5.75 Å². The van der Waals surface area contributed by atoms with Gasteiger partial charge in [-0.2, -0.15) is 0 Å². The van der Waals surface area contributed by atoms with E-state index >= 15 is 0 Å². The molecule has 5 nitrogen and oxygen atoms in total. The number of amides is 1. The maximum Gasteiger partial charge on any atom is 0.511 e. The maximum absolute atomic E-state index is 13.2. The SMILES string of the molecule is O=C(O)Oc1ccc(-c2cc(Cl)c(C(=O)N3CCC4(CCCCC4)C3)c(Cl)c2)cc1. The molecule has 4 rings (SSSR count). The minimum atomic E-state index is -1.37. The number of likely N-dealkylation sites (tertiary alicyclic amines) is 1. The first-order valence-corrected chi connectivity index (χ1v) is 10.9. The number of halogens is 2. The second-order valence-corrected chi connectivity index (χ2v) is 9.06. The van der Waals surface area contributed by atoms with Gasteiger partial charge in [0.25, 0.3) is 5.91 Å². The highest BCUT2D eigenvalue weighted by molar-refractivity contribution is 6.40. The highest BCUT2D eigenvalue weighted by atomic mass is 35.5. The number of nitrogens with zero attached hydrogens (tertiary/aromatic N) is 1. The molecule has 7 heteroatoms. The summed E-state index contributed by atoms with van der Waals surface area (Å²) in [6.07, 6.45) is 5.85. The summed E-state index contributed by atoms with van der Waals surface area (Å²) in [6, 6.07) is 9.99. The van der Waals surface area contributed by atoms with E-state index in [0.717, 1.165) is 30.6 Å². The lowest BCUT2D eigenvalue weighted by atomic mass is 9.73. The Labute approximate surface area is 185 Å². The van der Waals surface area contributed by atoms with E-state index in [1.165, 1.54) is 32.1 Å². The monoisotopic (exact) mass is 447 g/mol. The topological polar surface area (TPSA) is 66.8 Å². The van der Waals surface area contributed by atoms with E-state index in [-0.39, 0.29) is 17.1 Å². The summed E-state index contributed by atoms with van der Waals surface area (Å²) in [6.45, 7) is 1.53. The van der Waals surface area contributed by atoms with Crippen LogP contribution in [0.1, 0.15) is 48.9 Å². The number of carboxylic acid groups (broad SMARTS) is 1. The standard InChI is InChI=1S/C23H23Cl2NO4/c24-18-12-16(15-4-6-17(7-5-15)30-22(28)29)13-19(25)20(18)21(27)26-11-10-23(14-26)8-2-1-3-9-23/h4-7,12-13H,1-3,8-11,14H2,(H,28,29). The molecular weight excluding hydrogens is 425 g/mol. The maximum atomic E-state index is 13.2. The summed E-state index contributed by atoms with van der Waals surface area (Å²) in [4.78, 5) is 25.7. The Balaban J connectivity index is 1.54. The lowest BCUT2D eigenvalue weighted by Gasteiger charge is -2.33. The van der Waals surface area contributed by atoms with Crippen molar-refractivity contribution in [3.8, 4) is 16.9 Å². The molecule has 1 saturated carbocycles. The van der Waals surface area contributed by atoms with E-state index in [2.05, 4.69) is 4.74 Å². The average molecular weight is 448 g/mol. The molecule has 2 aromatic rings. The van der Waals surface area contributed by atoms with Crippen molar-refractivity contribution in [3.63, 3.8) is 0 Å². The van der Waals surface area contributed by atoms with Gasteiger partial charge in [0.15, 0.2) is 0 Å². The van der Waals surface area contributed by atoms with Gasteiger partial charge >= 0.3 is 6.16 Å². The minimum absolute atomic E-state index is 0.107. The van der Waals surface area contributed by atoms with E-state index < -0.39 is 6.16 Å². The fourth-order valence-corrected chi connectivity index (χ4v) is 5.39. The quantitative estimate of drug-likeness (QED) is 0.429. The van der Waals surface area contributed by atoms with Crippen LogP contribution in [0.4, 0.5) is 4.79 Å². The van der Waals surface area contributed by atoms with Crippen LogP contribution in [0, 0.1) is 5.41 Å². The van der Waals surface area contributed by atoms with Crippen molar-refractivity contribution in [2.24, 2.45) is 5.41 Å². The molecule has 0 atom stereocenters. The summed E-state index contributed by atoms with van der Waals surface area (Å²) in [5.74, 6) is 0.116. The van der Waals surface area contributed by atoms with Crippen molar-refractivity contribution in [2.75, 3.05) is 13.1 Å². The summed E-state index contributed by atoms with van der Waals surface area (Å²) in [5.41, 5.74) is 2.15. The number of hydrogen-bond acceptors (Lipinski definition) is 3. The summed E-state index contributed by atoms with van der Waals surface area (Å²) in [7, 11) is 0. The van der Waals surface area contributed by atoms with Gasteiger partial charge in [0.2, 0.25) is 0 Å². The molecule has 2 aliphatic rings. The molecule has 1 saturated heterocycles. The number of carbonyl (C=O) groups excluding carboxylic acids is 1. The van der Waals surface area contributed by atoms with Crippen molar-refractivity contribution in [1.82, 2.24) is 4.90 Å². The van der Waals surface area contributed by atoms with Crippen LogP contribution in [0.15, 0.2) is 36.4 Å². The number of carbonyl (C=O) groups is 2. The van der Waals surface area contributed by atoms with Crippen molar-refractivity contribution < 1.29 is 19.4 Å². The first kappa shape index (κ1) is 21.0. The highest BCUT2D eigenvalue weighted by Gasteiger charge is 2.41. The van der Waals surface area contributed by atoms with Crippen LogP contribution in [-0.2, 0) is 0 Å². The molecule has 1 heterocycles. The van der Waals surface area contributed by atoms with Crippen LogP contribution in [0.2, 0.25) is 10.0 Å². The van der Waals surface area contributed by atoms with Gasteiger partial charge in [0.05, 0.1) is 15.6 Å². The third kappa shape index (κ3) is 4.28. The summed E-state index contributed by atoms with van der Waals surface area (Å²) < 4.78 is 4.62. The van der Waals surface area contributed by atoms with Gasteiger partial charge in [0.1, 0.15) is 5.75 Å². The molecule has 1 amide bonds. The van der Waals surface area contributed by atoms with E-state index in [0.29, 0.717) is 15.6 Å². The van der Waals surface area contributed by atoms with Crippen LogP contribution in [0.25, 0.3) is 11.1 Å². The molecule has 1 N–H and O–H groups in total. The molecule has 2 aromatic carbocycles. The first-order chi connectivity index (χ1) is 14.4. The lowest BCUT2D eigenvalue weighted by molar-refractivity contribution is 0.0759. The second-order valence-electron chi connectivity index (χ2n) is 8.24. The van der Waals surface area contributed by atoms with Gasteiger partial charge in [-0.25, -0.2) is 4.79 Å². The zero-order valence-corrected chi connectivity index (χ0v) is 18.0. The Morgan fingerprint density at radius 2 is 1.57 bits per heavy atom. The largest absolute Gasteiger partial charge is 0.511 e. The highest BCUT2D eigenvalue weighted by Crippen LogP contribution is 2.44. The molecule has 0 bridgehead atoms. The van der Waals surface area contributed by atoms with E-state index in [1.807, 2.05) is 4.90 Å². The normalized spacial score (nSPS) is 17.9. The van der Waals surface area contributed by atoms with Gasteiger partial charge in [0, 0.05) is 13.1 Å². The molecule has 0 radical (unpaired) electrons. The predicted molar refractivity (Wildman–Crippen MR) is 117 cm³/mol. The first-order valence-electron chi connectivity index (χ1n) is 10.2. The van der Waals surface area contributed by atoms with Gasteiger partial charge in [-0.15, -0.1) is 0 Å². The van der Waals surface area contributed by atoms with Crippen LogP contribution < -0.4 is 4.74 Å². The van der Waals surface area contributed by atoms with Crippen LogP contribution in [0.3, 0.4) is 0 Å². The van der Waals surface area contributed by atoms with Gasteiger partial charge < -0.3 is 14.7 Å². The Bertz CT molecular complexity index is 945. The fraction of sp³-hybridized carbons (Fsp3) is 0.391. The zero-order valence-electron chi connectivity index (χ0n) is 16.5. The molecule has 2 fully saturated rings. The predicted octanol–water partition coefficient (Wildman–Crippen LogP) is 6.51. The summed E-state index contributed by atoms with van der Waals surface area (Å²) in [5, 5.41) is 9.32. The van der Waals surface area contributed by atoms with E-state index in [1.54, 1.807) is 36.4 Å². The molecule has 0 unspecified atom stereocenters. The van der Waals surface area contributed by atoms with E-state index in [9.17, 15) is 9.59 Å². The van der Waals surface area contributed by atoms with Crippen molar-refractivity contribution >= 4 is 35.3 Å². The third-order valence-electron chi connectivity index (χ3n) is 6.29. The summed E-state index contributed by atoms with van der Waals surface area (Å²) >= 11 is 13.0. The lowest BCUT2D eigenvalue weighted by Crippen LogP contribution is -2.33. The van der Waals surface area contributed by atoms with Crippen molar-refractivity contribution in [2.45, 2.75) is 38.5 Å².